The van der Waals surface area contributed by atoms with Gasteiger partial charge in [0.05, 0.1) is 0 Å². The van der Waals surface area contributed by atoms with E-state index in [1.807, 2.05) is 0 Å². The molecular weight excluding hydrogens is 200 g/mol. The van der Waals surface area contributed by atoms with Gasteiger partial charge in [-0.3, -0.25) is 0 Å². The van der Waals surface area contributed by atoms with E-state index in [0.717, 1.165) is 26.3 Å². The van der Waals surface area contributed by atoms with Crippen molar-refractivity contribution in [3.63, 3.8) is 0 Å². The van der Waals surface area contributed by atoms with Gasteiger partial charge < -0.3 is 15.4 Å². The molecule has 1 rings (SSSR count). The van der Waals surface area contributed by atoms with Crippen molar-refractivity contribution in [2.24, 2.45) is 11.1 Å². The van der Waals surface area contributed by atoms with Crippen molar-refractivity contribution < 1.29 is 4.74 Å². The summed E-state index contributed by atoms with van der Waals surface area (Å²) in [4.78, 5) is 2.50. The Morgan fingerprint density at radius 2 is 1.81 bits per heavy atom. The Kier molecular flexibility index (Phi) is 5.73. The highest BCUT2D eigenvalue weighted by atomic mass is 16.5. The highest BCUT2D eigenvalue weighted by Crippen LogP contribution is 2.27. The number of hydrogen-bond donors (Lipinski definition) is 1. The Bertz CT molecular complexity index is 178. The molecule has 0 aromatic heterocycles. The average Bonchev–Trinajstić information content (AvgIpc) is 2.37. The standard InChI is InChI=1S/C13H28N2O/c1-4-13(5-2,10-14)11-15(3)12-6-8-16-9-7-12/h12H,4-11,14H2,1-3H3. The van der Waals surface area contributed by atoms with Crippen LogP contribution < -0.4 is 5.73 Å². The quantitative estimate of drug-likeness (QED) is 0.754. The van der Waals surface area contributed by atoms with Crippen LogP contribution in [0.1, 0.15) is 39.5 Å². The zero-order valence-corrected chi connectivity index (χ0v) is 11.2. The van der Waals surface area contributed by atoms with Gasteiger partial charge in [-0.2, -0.15) is 0 Å². The van der Waals surface area contributed by atoms with Crippen molar-refractivity contribution in [1.82, 2.24) is 4.90 Å². The summed E-state index contributed by atoms with van der Waals surface area (Å²) in [7, 11) is 2.24. The first kappa shape index (κ1) is 13.9. The number of hydrogen-bond acceptors (Lipinski definition) is 3. The van der Waals surface area contributed by atoms with Crippen molar-refractivity contribution in [1.29, 1.82) is 0 Å². The summed E-state index contributed by atoms with van der Waals surface area (Å²) < 4.78 is 5.41. The number of nitrogens with zero attached hydrogens (tertiary/aromatic N) is 1. The van der Waals surface area contributed by atoms with Gasteiger partial charge in [-0.25, -0.2) is 0 Å². The molecule has 0 aromatic carbocycles. The van der Waals surface area contributed by atoms with E-state index >= 15 is 0 Å². The Morgan fingerprint density at radius 3 is 2.25 bits per heavy atom. The second kappa shape index (κ2) is 6.58. The maximum Gasteiger partial charge on any atom is 0.0480 e. The molecule has 0 radical (unpaired) electrons. The third-order valence-corrected chi connectivity index (χ3v) is 4.33. The van der Waals surface area contributed by atoms with Crippen LogP contribution in [0.3, 0.4) is 0 Å². The first-order valence-electron chi connectivity index (χ1n) is 6.65. The van der Waals surface area contributed by atoms with Crippen molar-refractivity contribution in [2.45, 2.75) is 45.6 Å². The molecule has 0 aromatic rings. The molecule has 3 heteroatoms. The van der Waals surface area contributed by atoms with Gasteiger partial charge in [-0.1, -0.05) is 13.8 Å². The minimum absolute atomic E-state index is 0.313. The summed E-state index contributed by atoms with van der Waals surface area (Å²) >= 11 is 0. The molecule has 0 amide bonds. The fourth-order valence-electron chi connectivity index (χ4n) is 2.61. The van der Waals surface area contributed by atoms with E-state index in [9.17, 15) is 0 Å². The lowest BCUT2D eigenvalue weighted by Gasteiger charge is -2.39. The van der Waals surface area contributed by atoms with Gasteiger partial charge in [0, 0.05) is 25.8 Å². The third kappa shape index (κ3) is 3.44. The second-order valence-corrected chi connectivity index (χ2v) is 5.17. The van der Waals surface area contributed by atoms with Gasteiger partial charge in [-0.05, 0) is 44.7 Å². The minimum atomic E-state index is 0.313. The molecule has 3 nitrogen and oxygen atoms in total. The van der Waals surface area contributed by atoms with Crippen molar-refractivity contribution in [3.05, 3.63) is 0 Å². The van der Waals surface area contributed by atoms with Crippen molar-refractivity contribution in [2.75, 3.05) is 33.4 Å². The van der Waals surface area contributed by atoms with E-state index < -0.39 is 0 Å². The van der Waals surface area contributed by atoms with Crippen LogP contribution in [0.25, 0.3) is 0 Å². The predicted molar refractivity (Wildman–Crippen MR) is 68.5 cm³/mol. The molecule has 1 saturated heterocycles. The van der Waals surface area contributed by atoms with E-state index in [0.29, 0.717) is 11.5 Å². The second-order valence-electron chi connectivity index (χ2n) is 5.17. The van der Waals surface area contributed by atoms with Crippen LogP contribution in [0.15, 0.2) is 0 Å². The molecule has 1 aliphatic heterocycles. The Labute approximate surface area is 100 Å². The number of rotatable bonds is 6. The summed E-state index contributed by atoms with van der Waals surface area (Å²) in [5.74, 6) is 0. The molecule has 0 atom stereocenters. The average molecular weight is 228 g/mol. The van der Waals surface area contributed by atoms with Crippen LogP contribution in [0, 0.1) is 5.41 Å². The zero-order valence-electron chi connectivity index (χ0n) is 11.2. The van der Waals surface area contributed by atoms with E-state index in [2.05, 4.69) is 25.8 Å². The summed E-state index contributed by atoms with van der Waals surface area (Å²) in [6.45, 7) is 8.28. The van der Waals surface area contributed by atoms with Gasteiger partial charge in [0.15, 0.2) is 0 Å². The lowest BCUT2D eigenvalue weighted by atomic mass is 9.81. The van der Waals surface area contributed by atoms with Crippen LogP contribution in [0.2, 0.25) is 0 Å². The van der Waals surface area contributed by atoms with Crippen LogP contribution in [-0.4, -0.2) is 44.3 Å². The molecule has 96 valence electrons. The smallest absolute Gasteiger partial charge is 0.0480 e. The Morgan fingerprint density at radius 1 is 1.25 bits per heavy atom. The fourth-order valence-corrected chi connectivity index (χ4v) is 2.61. The van der Waals surface area contributed by atoms with Gasteiger partial charge in [0.25, 0.3) is 0 Å². The summed E-state index contributed by atoms with van der Waals surface area (Å²) in [6.07, 6.45) is 4.69. The molecule has 0 bridgehead atoms. The van der Waals surface area contributed by atoms with E-state index in [4.69, 9.17) is 10.5 Å². The van der Waals surface area contributed by atoms with Gasteiger partial charge >= 0.3 is 0 Å². The fraction of sp³-hybridized carbons (Fsp3) is 1.00. The monoisotopic (exact) mass is 228 g/mol. The van der Waals surface area contributed by atoms with E-state index in [1.165, 1.54) is 25.7 Å². The SMILES string of the molecule is CCC(CC)(CN)CN(C)C1CCOCC1. The van der Waals surface area contributed by atoms with E-state index in [1.54, 1.807) is 0 Å². The van der Waals surface area contributed by atoms with Crippen molar-refractivity contribution >= 4 is 0 Å². The normalized spacial score (nSPS) is 19.3. The van der Waals surface area contributed by atoms with E-state index in [-0.39, 0.29) is 0 Å². The number of nitrogens with two attached hydrogens (primary N) is 1. The first-order valence-corrected chi connectivity index (χ1v) is 6.65. The molecule has 0 saturated carbocycles. The van der Waals surface area contributed by atoms with Crippen molar-refractivity contribution in [3.8, 4) is 0 Å². The number of ether oxygens (including phenoxy) is 1. The van der Waals surface area contributed by atoms with Gasteiger partial charge in [-0.15, -0.1) is 0 Å². The first-order chi connectivity index (χ1) is 7.67. The largest absolute Gasteiger partial charge is 0.381 e. The van der Waals surface area contributed by atoms with Crippen LogP contribution >= 0.6 is 0 Å². The maximum absolute atomic E-state index is 5.96. The third-order valence-electron chi connectivity index (χ3n) is 4.33. The lowest BCUT2D eigenvalue weighted by molar-refractivity contribution is 0.0267. The van der Waals surface area contributed by atoms with Gasteiger partial charge in [0.2, 0.25) is 0 Å². The van der Waals surface area contributed by atoms with Crippen LogP contribution in [-0.2, 0) is 4.74 Å². The molecule has 0 unspecified atom stereocenters. The molecule has 1 heterocycles. The maximum atomic E-state index is 5.96. The molecular formula is C13H28N2O. The van der Waals surface area contributed by atoms with Crippen LogP contribution in [0.5, 0.6) is 0 Å². The topological polar surface area (TPSA) is 38.5 Å². The predicted octanol–water partition coefficient (Wildman–Crippen LogP) is 1.86. The Hall–Kier alpha value is -0.120. The molecule has 0 spiro atoms. The summed E-state index contributed by atoms with van der Waals surface area (Å²) in [6, 6.07) is 0.692. The molecule has 16 heavy (non-hydrogen) atoms. The molecule has 2 N–H and O–H groups in total. The highest BCUT2D eigenvalue weighted by Gasteiger charge is 2.29. The Balaban J connectivity index is 2.49. The minimum Gasteiger partial charge on any atom is -0.381 e. The van der Waals surface area contributed by atoms with Gasteiger partial charge in [0.1, 0.15) is 0 Å². The summed E-state index contributed by atoms with van der Waals surface area (Å²) in [5, 5.41) is 0. The molecule has 1 aliphatic rings. The molecule has 0 aliphatic carbocycles. The lowest BCUT2D eigenvalue weighted by Crippen LogP contribution is -2.46. The summed E-state index contributed by atoms with van der Waals surface area (Å²) in [5.41, 5.74) is 6.27. The van der Waals surface area contributed by atoms with Crippen LogP contribution in [0.4, 0.5) is 0 Å². The zero-order chi connectivity index (χ0) is 12.0. The highest BCUT2D eigenvalue weighted by molar-refractivity contribution is 4.83. The molecule has 1 fully saturated rings.